The van der Waals surface area contributed by atoms with Gasteiger partial charge in [-0.05, 0) is 43.7 Å². The molecule has 0 aliphatic rings. The molecule has 0 aliphatic heterocycles. The molecule has 3 heteroatoms. The van der Waals surface area contributed by atoms with Crippen LogP contribution in [-0.2, 0) is 0 Å². The Bertz CT molecular complexity index is 326. The molecule has 1 N–H and O–H groups in total. The molecule has 1 rings (SSSR count). The van der Waals surface area contributed by atoms with Crippen molar-refractivity contribution in [3.05, 3.63) is 30.1 Å². The van der Waals surface area contributed by atoms with Crippen molar-refractivity contribution in [2.45, 2.75) is 56.9 Å². The summed E-state index contributed by atoms with van der Waals surface area (Å²) in [5.41, 5.74) is 0. The predicted octanol–water partition coefficient (Wildman–Crippen LogP) is 4.87. The van der Waals surface area contributed by atoms with Crippen molar-refractivity contribution in [2.75, 3.05) is 12.3 Å². The zero-order valence-electron chi connectivity index (χ0n) is 12.1. The fourth-order valence-corrected chi connectivity index (χ4v) is 2.97. The first-order valence-electron chi connectivity index (χ1n) is 7.38. The third-order valence-electron chi connectivity index (χ3n) is 3.10. The summed E-state index contributed by atoms with van der Waals surface area (Å²) in [6.07, 6.45) is 6.28. The number of unbranched alkanes of at least 4 members (excludes halogenated alkanes) is 2. The molecule has 1 unspecified atom stereocenters. The molecule has 0 bridgehead atoms. The van der Waals surface area contributed by atoms with E-state index in [1.165, 1.54) is 44.2 Å². The van der Waals surface area contributed by atoms with Crippen molar-refractivity contribution in [1.82, 2.24) is 5.32 Å². The van der Waals surface area contributed by atoms with E-state index in [9.17, 15) is 4.39 Å². The summed E-state index contributed by atoms with van der Waals surface area (Å²) >= 11 is 1.82. The Kier molecular flexibility index (Phi) is 8.93. The topological polar surface area (TPSA) is 12.0 Å². The molecule has 1 aromatic carbocycles. The fourth-order valence-electron chi connectivity index (χ4n) is 1.96. The Labute approximate surface area is 121 Å². The molecule has 0 fully saturated rings. The van der Waals surface area contributed by atoms with Gasteiger partial charge in [0.2, 0.25) is 0 Å². The van der Waals surface area contributed by atoms with Crippen LogP contribution in [0.25, 0.3) is 0 Å². The van der Waals surface area contributed by atoms with Crippen molar-refractivity contribution < 1.29 is 4.39 Å². The third-order valence-corrected chi connectivity index (χ3v) is 4.28. The number of nitrogens with one attached hydrogen (secondary N) is 1. The maximum Gasteiger partial charge on any atom is 0.123 e. The minimum atomic E-state index is -0.159. The summed E-state index contributed by atoms with van der Waals surface area (Å²) in [6.45, 7) is 5.52. The SMILES string of the molecule is CCCCCC(CSc1ccc(F)cc1)NCCC. The van der Waals surface area contributed by atoms with E-state index in [4.69, 9.17) is 0 Å². The van der Waals surface area contributed by atoms with Crippen LogP contribution in [0.2, 0.25) is 0 Å². The van der Waals surface area contributed by atoms with Crippen LogP contribution in [0, 0.1) is 5.82 Å². The third kappa shape index (κ3) is 7.58. The normalized spacial score (nSPS) is 12.6. The van der Waals surface area contributed by atoms with Gasteiger partial charge >= 0.3 is 0 Å². The van der Waals surface area contributed by atoms with Gasteiger partial charge in [-0.2, -0.15) is 0 Å². The standard InChI is InChI=1S/C16H26FNS/c1-3-5-6-7-15(18-12-4-2)13-19-16-10-8-14(17)9-11-16/h8-11,15,18H,3-7,12-13H2,1-2H3. The molecular formula is C16H26FNS. The molecule has 0 saturated heterocycles. The highest BCUT2D eigenvalue weighted by atomic mass is 32.2. The van der Waals surface area contributed by atoms with Gasteiger partial charge in [0.05, 0.1) is 0 Å². The van der Waals surface area contributed by atoms with E-state index in [0.29, 0.717) is 6.04 Å². The largest absolute Gasteiger partial charge is 0.313 e. The Balaban J connectivity index is 2.35. The van der Waals surface area contributed by atoms with Crippen molar-refractivity contribution in [3.8, 4) is 0 Å². The van der Waals surface area contributed by atoms with E-state index in [1.54, 1.807) is 0 Å². The number of hydrogen-bond acceptors (Lipinski definition) is 2. The first-order valence-corrected chi connectivity index (χ1v) is 8.36. The van der Waals surface area contributed by atoms with Gasteiger partial charge in [-0.1, -0.05) is 33.1 Å². The van der Waals surface area contributed by atoms with Crippen LogP contribution >= 0.6 is 11.8 Å². The van der Waals surface area contributed by atoms with Gasteiger partial charge in [0.1, 0.15) is 5.82 Å². The predicted molar refractivity (Wildman–Crippen MR) is 83.3 cm³/mol. The number of thioether (sulfide) groups is 1. The van der Waals surface area contributed by atoms with Crippen molar-refractivity contribution >= 4 is 11.8 Å². The van der Waals surface area contributed by atoms with Crippen molar-refractivity contribution in [3.63, 3.8) is 0 Å². The van der Waals surface area contributed by atoms with Crippen LogP contribution in [0.5, 0.6) is 0 Å². The molecule has 1 atom stereocenters. The highest BCUT2D eigenvalue weighted by molar-refractivity contribution is 7.99. The first kappa shape index (κ1) is 16.5. The maximum absolute atomic E-state index is 12.8. The van der Waals surface area contributed by atoms with Crippen LogP contribution in [0.4, 0.5) is 4.39 Å². The molecule has 19 heavy (non-hydrogen) atoms. The monoisotopic (exact) mass is 283 g/mol. The molecule has 1 aromatic rings. The van der Waals surface area contributed by atoms with Gasteiger partial charge in [-0.3, -0.25) is 0 Å². The summed E-state index contributed by atoms with van der Waals surface area (Å²) in [4.78, 5) is 1.15. The molecule has 0 heterocycles. The molecular weight excluding hydrogens is 257 g/mol. The fraction of sp³-hybridized carbons (Fsp3) is 0.625. The van der Waals surface area contributed by atoms with E-state index < -0.39 is 0 Å². The van der Waals surface area contributed by atoms with E-state index in [1.807, 2.05) is 23.9 Å². The lowest BCUT2D eigenvalue weighted by molar-refractivity contribution is 0.493. The van der Waals surface area contributed by atoms with Crippen LogP contribution in [0.3, 0.4) is 0 Å². The zero-order valence-corrected chi connectivity index (χ0v) is 12.9. The quantitative estimate of drug-likeness (QED) is 0.486. The Morgan fingerprint density at radius 3 is 2.47 bits per heavy atom. The number of halogens is 1. The summed E-state index contributed by atoms with van der Waals surface area (Å²) in [6, 6.07) is 7.37. The van der Waals surface area contributed by atoms with Crippen LogP contribution in [0.1, 0.15) is 46.0 Å². The average Bonchev–Trinajstić information content (AvgIpc) is 2.43. The molecule has 0 amide bonds. The molecule has 1 nitrogen and oxygen atoms in total. The lowest BCUT2D eigenvalue weighted by Gasteiger charge is -2.18. The number of benzene rings is 1. The second-order valence-electron chi connectivity index (χ2n) is 4.91. The summed E-state index contributed by atoms with van der Waals surface area (Å²) < 4.78 is 12.8. The van der Waals surface area contributed by atoms with E-state index in [-0.39, 0.29) is 5.82 Å². The lowest BCUT2D eigenvalue weighted by Crippen LogP contribution is -2.31. The highest BCUT2D eigenvalue weighted by Gasteiger charge is 2.08. The Hall–Kier alpha value is -0.540. The second-order valence-corrected chi connectivity index (χ2v) is 6.01. The van der Waals surface area contributed by atoms with Gasteiger partial charge < -0.3 is 5.32 Å². The van der Waals surface area contributed by atoms with Crippen LogP contribution in [-0.4, -0.2) is 18.3 Å². The van der Waals surface area contributed by atoms with E-state index >= 15 is 0 Å². The first-order chi connectivity index (χ1) is 9.26. The average molecular weight is 283 g/mol. The lowest BCUT2D eigenvalue weighted by atomic mass is 10.1. The van der Waals surface area contributed by atoms with Crippen LogP contribution in [0.15, 0.2) is 29.2 Å². The molecule has 108 valence electrons. The minimum Gasteiger partial charge on any atom is -0.313 e. The highest BCUT2D eigenvalue weighted by Crippen LogP contribution is 2.20. The molecule has 0 saturated carbocycles. The molecule has 0 spiro atoms. The zero-order chi connectivity index (χ0) is 13.9. The van der Waals surface area contributed by atoms with Gasteiger partial charge in [0.25, 0.3) is 0 Å². The van der Waals surface area contributed by atoms with Crippen molar-refractivity contribution in [1.29, 1.82) is 0 Å². The smallest absolute Gasteiger partial charge is 0.123 e. The summed E-state index contributed by atoms with van der Waals surface area (Å²) in [7, 11) is 0. The van der Waals surface area contributed by atoms with Gasteiger partial charge in [-0.25, -0.2) is 4.39 Å². The minimum absolute atomic E-state index is 0.159. The molecule has 0 radical (unpaired) electrons. The van der Waals surface area contributed by atoms with Gasteiger partial charge in [0, 0.05) is 16.7 Å². The Morgan fingerprint density at radius 2 is 1.84 bits per heavy atom. The number of hydrogen-bond donors (Lipinski definition) is 1. The second kappa shape index (κ2) is 10.3. The summed E-state index contributed by atoms with van der Waals surface area (Å²) in [5.74, 6) is 0.906. The summed E-state index contributed by atoms with van der Waals surface area (Å²) in [5, 5.41) is 3.62. The number of rotatable bonds is 10. The van der Waals surface area contributed by atoms with Crippen LogP contribution < -0.4 is 5.32 Å². The molecule has 0 aliphatic carbocycles. The maximum atomic E-state index is 12.8. The Morgan fingerprint density at radius 1 is 1.11 bits per heavy atom. The van der Waals surface area contributed by atoms with E-state index in [0.717, 1.165) is 17.2 Å². The van der Waals surface area contributed by atoms with E-state index in [2.05, 4.69) is 19.2 Å². The molecule has 0 aromatic heterocycles. The van der Waals surface area contributed by atoms with Gasteiger partial charge in [0.15, 0.2) is 0 Å². The van der Waals surface area contributed by atoms with Crippen molar-refractivity contribution in [2.24, 2.45) is 0 Å². The van der Waals surface area contributed by atoms with Gasteiger partial charge in [-0.15, -0.1) is 11.8 Å².